The largest absolute Gasteiger partial charge is 0.544 e. The number of nitrogens with zero attached hydrogens (tertiary/aromatic N) is 1. The van der Waals surface area contributed by atoms with E-state index < -0.39 is 24.1 Å². The molecule has 0 aromatic heterocycles. The van der Waals surface area contributed by atoms with E-state index in [2.05, 4.69) is 50.3 Å². The molecule has 2 unspecified atom stereocenters. The van der Waals surface area contributed by atoms with E-state index in [0.29, 0.717) is 12.8 Å². The van der Waals surface area contributed by atoms with Crippen molar-refractivity contribution in [1.82, 2.24) is 0 Å². The molecule has 0 heterocycles. The molecule has 306 valence electrons. The summed E-state index contributed by atoms with van der Waals surface area (Å²) < 4.78 is 17.0. The number of unbranched alkanes of at least 4 members (excludes halogenated alkanes) is 15. The minimum atomic E-state index is -1.14. The highest BCUT2D eigenvalue weighted by Gasteiger charge is 2.25. The van der Waals surface area contributed by atoms with Gasteiger partial charge in [0.15, 0.2) is 6.10 Å². The Morgan fingerprint density at radius 3 is 1.53 bits per heavy atom. The van der Waals surface area contributed by atoms with Crippen molar-refractivity contribution in [1.29, 1.82) is 0 Å². The second-order valence-corrected chi connectivity index (χ2v) is 15.2. The number of carboxylic acid groups (broad SMARTS) is 1. The third-order valence-electron chi connectivity index (χ3n) is 9.24. The quantitative estimate of drug-likeness (QED) is 0.0270. The van der Waals surface area contributed by atoms with Crippen molar-refractivity contribution in [3.8, 4) is 0 Å². The van der Waals surface area contributed by atoms with Crippen LogP contribution in [0.15, 0.2) is 48.6 Å². The first-order valence-corrected chi connectivity index (χ1v) is 21.2. The summed E-state index contributed by atoms with van der Waals surface area (Å²) in [6.45, 7) is 4.47. The normalized spacial score (nSPS) is 13.5. The molecule has 0 aliphatic carbocycles. The zero-order valence-electron chi connectivity index (χ0n) is 34.7. The Kier molecular flexibility index (Phi) is 34.4. The molecule has 0 saturated heterocycles. The lowest BCUT2D eigenvalue weighted by molar-refractivity contribution is -0.889. The number of carboxylic acids is 1. The Labute approximate surface area is 325 Å². The van der Waals surface area contributed by atoms with Crippen LogP contribution < -0.4 is 5.11 Å². The van der Waals surface area contributed by atoms with Crippen molar-refractivity contribution in [2.45, 2.75) is 180 Å². The lowest BCUT2D eigenvalue weighted by Crippen LogP contribution is -2.55. The van der Waals surface area contributed by atoms with Crippen molar-refractivity contribution >= 4 is 17.9 Å². The summed E-state index contributed by atoms with van der Waals surface area (Å²) >= 11 is 0. The molecule has 0 amide bonds. The number of carbonyl (C=O) groups excluding carboxylic acids is 3. The van der Waals surface area contributed by atoms with Gasteiger partial charge in [0.1, 0.15) is 12.6 Å². The maximum absolute atomic E-state index is 12.6. The van der Waals surface area contributed by atoms with Crippen LogP contribution >= 0.6 is 0 Å². The van der Waals surface area contributed by atoms with Gasteiger partial charge in [0.2, 0.25) is 0 Å². The molecule has 0 spiro atoms. The van der Waals surface area contributed by atoms with Crippen LogP contribution in [-0.2, 0) is 28.6 Å². The van der Waals surface area contributed by atoms with E-state index in [0.717, 1.165) is 44.9 Å². The summed E-state index contributed by atoms with van der Waals surface area (Å²) in [6.07, 6.45) is 41.5. The molecular formula is C45H79NO7. The van der Waals surface area contributed by atoms with E-state index >= 15 is 0 Å². The van der Waals surface area contributed by atoms with Gasteiger partial charge in [-0.3, -0.25) is 9.59 Å². The molecule has 0 aromatic carbocycles. The van der Waals surface area contributed by atoms with Crippen LogP contribution in [0.5, 0.6) is 0 Å². The highest BCUT2D eigenvalue weighted by atomic mass is 16.6. The third kappa shape index (κ3) is 34.8. The van der Waals surface area contributed by atoms with Gasteiger partial charge in [0.05, 0.1) is 40.3 Å². The fraction of sp³-hybridized carbons (Fsp3) is 0.756. The molecule has 2 atom stereocenters. The average molecular weight is 746 g/mol. The lowest BCUT2D eigenvalue weighted by atomic mass is 10.0. The van der Waals surface area contributed by atoms with Crippen LogP contribution in [0.1, 0.15) is 168 Å². The first-order valence-electron chi connectivity index (χ1n) is 21.2. The molecule has 0 aliphatic rings. The van der Waals surface area contributed by atoms with E-state index in [1.807, 2.05) is 12.2 Å². The fourth-order valence-corrected chi connectivity index (χ4v) is 5.97. The summed E-state index contributed by atoms with van der Waals surface area (Å²) in [5.41, 5.74) is 0. The number of carbonyl (C=O) groups is 3. The molecule has 0 bridgehead atoms. The van der Waals surface area contributed by atoms with Crippen LogP contribution in [0.2, 0.25) is 0 Å². The van der Waals surface area contributed by atoms with Gasteiger partial charge in [0.25, 0.3) is 0 Å². The van der Waals surface area contributed by atoms with Gasteiger partial charge in [-0.05, 0) is 38.5 Å². The summed E-state index contributed by atoms with van der Waals surface area (Å²) in [5, 5.41) is 11.6. The number of likely N-dealkylation sites (N-methyl/N-ethyl adjacent to an activating group) is 1. The first kappa shape index (κ1) is 50.3. The standard InChI is InChI=1S/C45H79NO7/c1-6-8-10-12-14-16-18-20-21-22-24-25-27-29-31-33-35-43(47)52-40-41(39-51-38-37-42(45(49)50)46(3,4)5)53-44(48)36-34-32-30-28-26-23-19-17-15-13-11-9-7-2/h9,11,15,17,23,26,30,32,41-42H,6-8,10,12-14,16,18-22,24-25,27-29,31,33-40H2,1-5H3/b11-9-,17-15-,26-23-,32-30-. The van der Waals surface area contributed by atoms with Gasteiger partial charge in [-0.25, -0.2) is 0 Å². The van der Waals surface area contributed by atoms with E-state index in [1.54, 1.807) is 21.1 Å². The van der Waals surface area contributed by atoms with Crippen molar-refractivity contribution in [2.24, 2.45) is 0 Å². The molecule has 0 radical (unpaired) electrons. The minimum Gasteiger partial charge on any atom is -0.544 e. The van der Waals surface area contributed by atoms with Gasteiger partial charge in [-0.15, -0.1) is 0 Å². The Bertz CT molecular complexity index is 1010. The average Bonchev–Trinajstić information content (AvgIpc) is 3.11. The number of allylic oxidation sites excluding steroid dienone is 8. The summed E-state index contributed by atoms with van der Waals surface area (Å²) in [5.74, 6) is -1.84. The minimum absolute atomic E-state index is 0.0128. The van der Waals surface area contributed by atoms with Crippen molar-refractivity contribution in [3.63, 3.8) is 0 Å². The molecule has 0 aliphatic heterocycles. The maximum Gasteiger partial charge on any atom is 0.306 e. The lowest BCUT2D eigenvalue weighted by Gasteiger charge is -2.34. The molecule has 0 fully saturated rings. The van der Waals surface area contributed by atoms with Gasteiger partial charge in [-0.1, -0.05) is 159 Å². The van der Waals surface area contributed by atoms with Crippen molar-refractivity contribution in [2.75, 3.05) is 41.0 Å². The van der Waals surface area contributed by atoms with E-state index in [4.69, 9.17) is 14.2 Å². The van der Waals surface area contributed by atoms with Crippen LogP contribution in [0.3, 0.4) is 0 Å². The Hall–Kier alpha value is -2.71. The fourth-order valence-electron chi connectivity index (χ4n) is 5.97. The predicted molar refractivity (Wildman–Crippen MR) is 217 cm³/mol. The number of hydrogen-bond donors (Lipinski definition) is 0. The summed E-state index contributed by atoms with van der Waals surface area (Å²) in [6, 6.07) is -0.736. The molecule has 8 nitrogen and oxygen atoms in total. The zero-order chi connectivity index (χ0) is 39.3. The molecule has 0 N–H and O–H groups in total. The molecule has 53 heavy (non-hydrogen) atoms. The molecule has 8 heteroatoms. The second-order valence-electron chi connectivity index (χ2n) is 15.2. The number of aliphatic carboxylic acids is 1. The Morgan fingerprint density at radius 2 is 1.06 bits per heavy atom. The van der Waals surface area contributed by atoms with Gasteiger partial charge < -0.3 is 28.6 Å². The van der Waals surface area contributed by atoms with Crippen LogP contribution in [0.25, 0.3) is 0 Å². The monoisotopic (exact) mass is 746 g/mol. The second kappa shape index (κ2) is 36.3. The molecule has 0 rings (SSSR count). The van der Waals surface area contributed by atoms with E-state index in [1.165, 1.54) is 83.5 Å². The summed E-state index contributed by atoms with van der Waals surface area (Å²) in [7, 11) is 5.38. The zero-order valence-corrected chi connectivity index (χ0v) is 34.7. The highest BCUT2D eigenvalue weighted by Crippen LogP contribution is 2.15. The number of ether oxygens (including phenoxy) is 3. The smallest absolute Gasteiger partial charge is 0.306 e. The number of hydrogen-bond acceptors (Lipinski definition) is 7. The Balaban J connectivity index is 4.42. The van der Waals surface area contributed by atoms with Crippen LogP contribution in [0, 0.1) is 0 Å². The topological polar surface area (TPSA) is 102 Å². The molecule has 0 saturated carbocycles. The van der Waals surface area contributed by atoms with Crippen LogP contribution in [-0.4, -0.2) is 75.5 Å². The third-order valence-corrected chi connectivity index (χ3v) is 9.24. The van der Waals surface area contributed by atoms with E-state index in [-0.39, 0.29) is 43.1 Å². The SMILES string of the molecule is CC/C=C\C/C=C\C/C=C\C/C=C\CCC(=O)OC(COCCC(C(=O)[O-])[N+](C)(C)C)COC(=O)CCCCCCCCCCCCCCCCCC. The number of rotatable bonds is 37. The molecular weight excluding hydrogens is 666 g/mol. The predicted octanol–water partition coefficient (Wildman–Crippen LogP) is 9.91. The van der Waals surface area contributed by atoms with Crippen molar-refractivity contribution in [3.05, 3.63) is 48.6 Å². The highest BCUT2D eigenvalue weighted by molar-refractivity contribution is 5.70. The van der Waals surface area contributed by atoms with Gasteiger partial charge >= 0.3 is 11.9 Å². The molecule has 0 aromatic rings. The van der Waals surface area contributed by atoms with Crippen molar-refractivity contribution < 1.29 is 38.2 Å². The van der Waals surface area contributed by atoms with Gasteiger partial charge in [-0.2, -0.15) is 0 Å². The van der Waals surface area contributed by atoms with E-state index in [9.17, 15) is 19.5 Å². The number of quaternary nitrogens is 1. The first-order chi connectivity index (χ1) is 25.6. The Morgan fingerprint density at radius 1 is 0.585 bits per heavy atom. The maximum atomic E-state index is 12.6. The number of esters is 2. The van der Waals surface area contributed by atoms with Crippen LogP contribution in [0.4, 0.5) is 0 Å². The van der Waals surface area contributed by atoms with Gasteiger partial charge in [0, 0.05) is 19.3 Å². The summed E-state index contributed by atoms with van der Waals surface area (Å²) in [4.78, 5) is 36.7.